The fourth-order valence-corrected chi connectivity index (χ4v) is 9.63. The van der Waals surface area contributed by atoms with E-state index in [1.54, 1.807) is 0 Å². The molecule has 9 nitrogen and oxygen atoms in total. The maximum Gasteiger partial charge on any atom is 0.306 e. The second kappa shape index (κ2) is 66.8. The van der Waals surface area contributed by atoms with Gasteiger partial charge in [-0.2, -0.15) is 0 Å². The second-order valence-corrected chi connectivity index (χ2v) is 25.2. The fraction of sp³-hybridized carbons (Fsp3) is 0.615. The van der Waals surface area contributed by atoms with E-state index in [4.69, 9.17) is 18.5 Å². The van der Waals surface area contributed by atoms with Gasteiger partial charge in [0.25, 0.3) is 7.82 Å². The van der Waals surface area contributed by atoms with Gasteiger partial charge in [-0.05, 0) is 135 Å². The summed E-state index contributed by atoms with van der Waals surface area (Å²) < 4.78 is 34.3. The van der Waals surface area contributed by atoms with Gasteiger partial charge in [0, 0.05) is 12.8 Å². The van der Waals surface area contributed by atoms with E-state index in [0.717, 1.165) is 141 Å². The number of hydrogen-bond donors (Lipinski definition) is 0. The molecule has 0 N–H and O–H groups in total. The van der Waals surface area contributed by atoms with Crippen LogP contribution in [0.1, 0.15) is 258 Å². The standard InChI is InChI=1S/C78H128NO8P/c1-6-8-10-12-14-16-18-20-22-24-26-28-30-32-33-34-35-36-37-38-39-40-41-42-43-44-45-47-49-51-53-55-57-59-61-63-65-67-69-71-78(81)87-76(75-86-88(82,83)85-73-72-79(3,4)5)74-84-77(80)70-68-66-64-62-60-58-56-54-52-50-48-46-31-29-27-25-23-21-19-17-15-13-11-9-7-2/h8,10,14,16,19-22,25-28,31-33,35-36,38-39,41-42,44-46,49,51,55,57,76H,6-7,9,11-13,15,17-18,23-24,29-30,34,37,40,43,47-48,50,52-54,56,58-75H2,1-5H3/b10-8-,16-14-,21-19-,22-20-,27-25-,28-26-,33-32-,36-35-,39-38-,42-41-,45-44-,46-31-,51-49-,57-55-. The highest BCUT2D eigenvalue weighted by Gasteiger charge is 2.22. The number of quaternary nitrogens is 1. The predicted octanol–water partition coefficient (Wildman–Crippen LogP) is 22.3. The van der Waals surface area contributed by atoms with Crippen LogP contribution < -0.4 is 4.89 Å². The summed E-state index contributed by atoms with van der Waals surface area (Å²) >= 11 is 0. The highest BCUT2D eigenvalue weighted by atomic mass is 31.2. The predicted molar refractivity (Wildman–Crippen MR) is 378 cm³/mol. The molecule has 0 amide bonds. The molecule has 0 aromatic heterocycles. The second-order valence-electron chi connectivity index (χ2n) is 23.8. The van der Waals surface area contributed by atoms with Crippen molar-refractivity contribution >= 4 is 19.8 Å². The van der Waals surface area contributed by atoms with E-state index in [1.165, 1.54) is 77.0 Å². The Morgan fingerprint density at radius 3 is 0.966 bits per heavy atom. The third kappa shape index (κ3) is 70.5. The number of phosphoric ester groups is 1. The zero-order valence-electron chi connectivity index (χ0n) is 56.6. The smallest absolute Gasteiger partial charge is 0.306 e. The number of hydrogen-bond acceptors (Lipinski definition) is 8. The van der Waals surface area contributed by atoms with Crippen LogP contribution in [0.15, 0.2) is 170 Å². The van der Waals surface area contributed by atoms with Crippen molar-refractivity contribution in [2.24, 2.45) is 0 Å². The minimum Gasteiger partial charge on any atom is -0.756 e. The van der Waals surface area contributed by atoms with Crippen molar-refractivity contribution in [2.45, 2.75) is 264 Å². The van der Waals surface area contributed by atoms with E-state index >= 15 is 0 Å². The highest BCUT2D eigenvalue weighted by molar-refractivity contribution is 7.45. The third-order valence-electron chi connectivity index (χ3n) is 14.2. The first-order chi connectivity index (χ1) is 43.0. The molecule has 88 heavy (non-hydrogen) atoms. The molecule has 0 saturated heterocycles. The number of allylic oxidation sites excluding steroid dienone is 28. The number of ether oxygens (including phenoxy) is 2. The Morgan fingerprint density at radius 1 is 0.364 bits per heavy atom. The van der Waals surface area contributed by atoms with Gasteiger partial charge in [0.05, 0.1) is 27.7 Å². The molecule has 0 spiro atoms. The minimum atomic E-state index is -4.66. The molecule has 0 aliphatic heterocycles. The van der Waals surface area contributed by atoms with Crippen molar-refractivity contribution in [3.63, 3.8) is 0 Å². The summed E-state index contributed by atoms with van der Waals surface area (Å²) in [4.78, 5) is 38.0. The van der Waals surface area contributed by atoms with Gasteiger partial charge in [-0.15, -0.1) is 0 Å². The number of likely N-dealkylation sites (N-methyl/N-ethyl adjacent to an activating group) is 1. The largest absolute Gasteiger partial charge is 0.756 e. The summed E-state index contributed by atoms with van der Waals surface area (Å²) in [7, 11) is 1.13. The monoisotopic (exact) mass is 1240 g/mol. The molecule has 2 unspecified atom stereocenters. The van der Waals surface area contributed by atoms with E-state index < -0.39 is 32.5 Å². The lowest BCUT2D eigenvalue weighted by atomic mass is 10.1. The molecule has 0 aliphatic rings. The Kier molecular flexibility index (Phi) is 63.3. The number of unbranched alkanes of at least 4 members (excludes halogenated alkanes) is 20. The number of carbonyl (C=O) groups is 2. The molecule has 0 heterocycles. The Bertz CT molecular complexity index is 2090. The van der Waals surface area contributed by atoms with Gasteiger partial charge in [-0.3, -0.25) is 14.2 Å². The van der Waals surface area contributed by atoms with Crippen LogP contribution >= 0.6 is 7.82 Å². The van der Waals surface area contributed by atoms with Crippen molar-refractivity contribution in [2.75, 3.05) is 47.5 Å². The van der Waals surface area contributed by atoms with Crippen molar-refractivity contribution in [3.05, 3.63) is 170 Å². The number of carbonyl (C=O) groups excluding carboxylic acids is 2. The summed E-state index contributed by atoms with van der Waals surface area (Å²) in [6, 6.07) is 0. The summed E-state index contributed by atoms with van der Waals surface area (Å²) in [6.07, 6.45) is 101. The lowest BCUT2D eigenvalue weighted by molar-refractivity contribution is -0.870. The number of phosphoric acid groups is 1. The Balaban J connectivity index is 4.19. The zero-order valence-corrected chi connectivity index (χ0v) is 57.5. The van der Waals surface area contributed by atoms with Crippen LogP contribution in [0.2, 0.25) is 0 Å². The summed E-state index contributed by atoms with van der Waals surface area (Å²) in [5, 5.41) is 0. The van der Waals surface area contributed by atoms with Crippen molar-refractivity contribution in [1.29, 1.82) is 0 Å². The van der Waals surface area contributed by atoms with Gasteiger partial charge in [-0.1, -0.05) is 280 Å². The first-order valence-electron chi connectivity index (χ1n) is 34.8. The normalized spacial score (nSPS) is 14.2. The van der Waals surface area contributed by atoms with Crippen molar-refractivity contribution in [3.8, 4) is 0 Å². The van der Waals surface area contributed by atoms with Gasteiger partial charge in [0.1, 0.15) is 19.8 Å². The van der Waals surface area contributed by atoms with E-state index in [0.29, 0.717) is 23.9 Å². The van der Waals surface area contributed by atoms with Gasteiger partial charge in [0.15, 0.2) is 6.10 Å². The Morgan fingerprint density at radius 2 is 0.648 bits per heavy atom. The SMILES string of the molecule is CC/C=C\C/C=C\C/C=C\C/C=C\C/C=C\C/C=C\C/C=C\C/C=C\C/C=C\C/C=C\C/C=C\CCCCCCCC(=O)OC(COC(=O)CCCCCCCCCCCC/C=C\C/C=C\C/C=C\CCCCCCC)COP(=O)([O-])OCC[N+](C)(C)C. The average molecular weight is 1240 g/mol. The Labute approximate surface area is 540 Å². The van der Waals surface area contributed by atoms with Crippen LogP contribution in [-0.4, -0.2) is 70.0 Å². The molecular formula is C78H128NO8P. The zero-order chi connectivity index (χ0) is 64.1. The van der Waals surface area contributed by atoms with E-state index in [9.17, 15) is 19.0 Å². The molecular weight excluding hydrogens is 1110 g/mol. The average Bonchev–Trinajstić information content (AvgIpc) is 3.68. The molecule has 0 bridgehead atoms. The molecule has 498 valence electrons. The summed E-state index contributed by atoms with van der Waals surface area (Å²) in [5.74, 6) is -0.869. The van der Waals surface area contributed by atoms with Crippen LogP contribution in [-0.2, 0) is 32.7 Å². The van der Waals surface area contributed by atoms with Gasteiger partial charge in [-0.25, -0.2) is 0 Å². The minimum absolute atomic E-state index is 0.0447. The molecule has 0 aromatic carbocycles. The maximum absolute atomic E-state index is 12.9. The Hall–Kier alpha value is -4.63. The lowest BCUT2D eigenvalue weighted by Crippen LogP contribution is -2.37. The molecule has 0 aliphatic carbocycles. The third-order valence-corrected chi connectivity index (χ3v) is 15.2. The van der Waals surface area contributed by atoms with Gasteiger partial charge < -0.3 is 27.9 Å². The fourth-order valence-electron chi connectivity index (χ4n) is 8.90. The molecule has 10 heteroatoms. The molecule has 0 radical (unpaired) electrons. The first-order valence-corrected chi connectivity index (χ1v) is 36.3. The number of nitrogens with zero attached hydrogens (tertiary/aromatic N) is 1. The van der Waals surface area contributed by atoms with Crippen LogP contribution in [0.5, 0.6) is 0 Å². The van der Waals surface area contributed by atoms with Crippen molar-refractivity contribution in [1.82, 2.24) is 0 Å². The molecule has 0 fully saturated rings. The lowest BCUT2D eigenvalue weighted by Gasteiger charge is -2.28. The van der Waals surface area contributed by atoms with E-state index in [-0.39, 0.29) is 26.1 Å². The summed E-state index contributed by atoms with van der Waals surface area (Å²) in [6.45, 7) is 4.08. The topological polar surface area (TPSA) is 111 Å². The first kappa shape index (κ1) is 83.4. The maximum atomic E-state index is 12.9. The summed E-state index contributed by atoms with van der Waals surface area (Å²) in [5.41, 5.74) is 0. The van der Waals surface area contributed by atoms with Crippen LogP contribution in [0.25, 0.3) is 0 Å². The highest BCUT2D eigenvalue weighted by Crippen LogP contribution is 2.38. The number of rotatable bonds is 62. The number of esters is 2. The molecule has 0 aromatic rings. The van der Waals surface area contributed by atoms with Crippen LogP contribution in [0, 0.1) is 0 Å². The molecule has 0 rings (SSSR count). The molecule has 2 atom stereocenters. The quantitative estimate of drug-likeness (QED) is 0.0195. The molecule has 0 saturated carbocycles. The van der Waals surface area contributed by atoms with E-state index in [1.807, 2.05) is 21.1 Å². The van der Waals surface area contributed by atoms with Gasteiger partial charge >= 0.3 is 11.9 Å². The van der Waals surface area contributed by atoms with Crippen molar-refractivity contribution < 1.29 is 42.1 Å². The van der Waals surface area contributed by atoms with Gasteiger partial charge in [0.2, 0.25) is 0 Å². The van der Waals surface area contributed by atoms with E-state index in [2.05, 4.69) is 184 Å². The van der Waals surface area contributed by atoms with Crippen LogP contribution in [0.4, 0.5) is 0 Å². The van der Waals surface area contributed by atoms with Crippen LogP contribution in [0.3, 0.4) is 0 Å².